The van der Waals surface area contributed by atoms with E-state index in [0.29, 0.717) is 16.7 Å². The third kappa shape index (κ3) is 4.96. The first-order valence-electron chi connectivity index (χ1n) is 8.44. The number of ether oxygens (including phenoxy) is 3. The van der Waals surface area contributed by atoms with Gasteiger partial charge in [0, 0.05) is 13.1 Å². The maximum absolute atomic E-state index is 11.8. The number of nitrogens with zero attached hydrogens (tertiary/aromatic N) is 2. The van der Waals surface area contributed by atoms with Crippen LogP contribution in [-0.2, 0) is 16.6 Å². The van der Waals surface area contributed by atoms with Crippen molar-refractivity contribution in [3.8, 4) is 17.4 Å². The van der Waals surface area contributed by atoms with Gasteiger partial charge < -0.3 is 14.2 Å². The number of hydrogen-bond donors (Lipinski definition) is 0. The van der Waals surface area contributed by atoms with Crippen LogP contribution in [0.5, 0.6) is 17.4 Å². The molecule has 8 heteroatoms. The van der Waals surface area contributed by atoms with Crippen LogP contribution in [0.15, 0.2) is 18.2 Å². The summed E-state index contributed by atoms with van der Waals surface area (Å²) >= 11 is 12.5. The van der Waals surface area contributed by atoms with Crippen LogP contribution in [0.3, 0.4) is 0 Å². The standard InChI is InChI=1S/C19H22Cl2N2O4/c1-6-8-13-11(3)22-23(5)18(13)27-17-10-16(14(20)9-15(17)21)26-12(4)19(24)25-7-2/h6,8-10,12H,7H2,1-5H3/b8-6-. The smallest absolute Gasteiger partial charge is 0.347 e. The summed E-state index contributed by atoms with van der Waals surface area (Å²) in [6, 6.07) is 3.05. The Morgan fingerprint density at radius 2 is 1.96 bits per heavy atom. The first-order valence-corrected chi connectivity index (χ1v) is 9.20. The van der Waals surface area contributed by atoms with Crippen LogP contribution in [0.2, 0.25) is 10.0 Å². The second-order valence-electron chi connectivity index (χ2n) is 5.76. The maximum atomic E-state index is 11.8. The Morgan fingerprint density at radius 1 is 1.30 bits per heavy atom. The van der Waals surface area contributed by atoms with Crippen molar-refractivity contribution in [1.82, 2.24) is 9.78 Å². The highest BCUT2D eigenvalue weighted by Crippen LogP contribution is 2.39. The molecule has 0 radical (unpaired) electrons. The number of carbonyl (C=O) groups is 1. The molecule has 0 saturated carbocycles. The van der Waals surface area contributed by atoms with Crippen molar-refractivity contribution < 1.29 is 19.0 Å². The van der Waals surface area contributed by atoms with Crippen LogP contribution in [0.1, 0.15) is 32.0 Å². The monoisotopic (exact) mass is 412 g/mol. The molecule has 6 nitrogen and oxygen atoms in total. The van der Waals surface area contributed by atoms with E-state index in [0.717, 1.165) is 11.3 Å². The first kappa shape index (κ1) is 21.1. The molecular formula is C19H22Cl2N2O4. The Bertz CT molecular complexity index is 862. The van der Waals surface area contributed by atoms with E-state index in [1.165, 1.54) is 6.07 Å². The van der Waals surface area contributed by atoms with E-state index >= 15 is 0 Å². The van der Waals surface area contributed by atoms with Gasteiger partial charge in [-0.1, -0.05) is 35.4 Å². The van der Waals surface area contributed by atoms with Gasteiger partial charge in [-0.15, -0.1) is 0 Å². The lowest BCUT2D eigenvalue weighted by atomic mass is 10.2. The molecule has 0 saturated heterocycles. The van der Waals surface area contributed by atoms with Gasteiger partial charge in [0.15, 0.2) is 11.9 Å². The SMILES string of the molecule is C/C=C\c1c(C)nn(C)c1Oc1cc(OC(C)C(=O)OCC)c(Cl)cc1Cl. The van der Waals surface area contributed by atoms with Gasteiger partial charge in [0.05, 0.1) is 27.9 Å². The lowest BCUT2D eigenvalue weighted by Gasteiger charge is -2.16. The lowest BCUT2D eigenvalue weighted by Crippen LogP contribution is -2.26. The molecule has 1 aromatic heterocycles. The van der Waals surface area contributed by atoms with E-state index in [2.05, 4.69) is 5.10 Å². The van der Waals surface area contributed by atoms with Crippen molar-refractivity contribution in [2.45, 2.75) is 33.8 Å². The topological polar surface area (TPSA) is 62.6 Å². The fraction of sp³-hybridized carbons (Fsp3) is 0.368. The van der Waals surface area contributed by atoms with Crippen LogP contribution < -0.4 is 9.47 Å². The van der Waals surface area contributed by atoms with Crippen LogP contribution >= 0.6 is 23.2 Å². The van der Waals surface area contributed by atoms with Gasteiger partial charge in [0.2, 0.25) is 5.88 Å². The highest BCUT2D eigenvalue weighted by Gasteiger charge is 2.20. The molecule has 1 unspecified atom stereocenters. The number of aryl methyl sites for hydroxylation is 2. The number of aromatic nitrogens is 2. The summed E-state index contributed by atoms with van der Waals surface area (Å²) in [4.78, 5) is 11.8. The van der Waals surface area contributed by atoms with Crippen LogP contribution in [-0.4, -0.2) is 28.5 Å². The molecule has 0 spiro atoms. The molecule has 0 aliphatic heterocycles. The Hall–Kier alpha value is -2.18. The molecule has 2 rings (SSSR count). The quantitative estimate of drug-likeness (QED) is 0.585. The van der Waals surface area contributed by atoms with Gasteiger partial charge in [0.1, 0.15) is 5.75 Å². The lowest BCUT2D eigenvalue weighted by molar-refractivity contribution is -0.150. The number of allylic oxidation sites excluding steroid dienone is 1. The number of halogens is 2. The first-order chi connectivity index (χ1) is 12.8. The van der Waals surface area contributed by atoms with Gasteiger partial charge in [-0.2, -0.15) is 5.10 Å². The van der Waals surface area contributed by atoms with Gasteiger partial charge in [-0.05, 0) is 33.8 Å². The molecule has 1 heterocycles. The normalized spacial score (nSPS) is 12.3. The molecule has 146 valence electrons. The number of hydrogen-bond acceptors (Lipinski definition) is 5. The Kier molecular flexibility index (Phi) is 7.16. The molecule has 0 N–H and O–H groups in total. The fourth-order valence-electron chi connectivity index (χ4n) is 2.41. The Labute approximate surface area is 168 Å². The summed E-state index contributed by atoms with van der Waals surface area (Å²) in [6.45, 7) is 7.38. The Morgan fingerprint density at radius 3 is 2.59 bits per heavy atom. The van der Waals surface area contributed by atoms with E-state index in [4.69, 9.17) is 37.4 Å². The van der Waals surface area contributed by atoms with E-state index < -0.39 is 12.1 Å². The summed E-state index contributed by atoms with van der Waals surface area (Å²) in [5.41, 5.74) is 1.66. The highest BCUT2D eigenvalue weighted by atomic mass is 35.5. The van der Waals surface area contributed by atoms with Crippen LogP contribution in [0, 0.1) is 6.92 Å². The minimum atomic E-state index is -0.825. The average Bonchev–Trinajstić information content (AvgIpc) is 2.86. The summed E-state index contributed by atoms with van der Waals surface area (Å²) in [7, 11) is 1.78. The predicted octanol–water partition coefficient (Wildman–Crippen LogP) is 5.19. The van der Waals surface area contributed by atoms with Crippen molar-refractivity contribution in [2.24, 2.45) is 7.05 Å². The molecule has 0 aliphatic carbocycles. The largest absolute Gasteiger partial charge is 0.477 e. The van der Waals surface area contributed by atoms with Crippen molar-refractivity contribution in [2.75, 3.05) is 6.61 Å². The molecule has 0 fully saturated rings. The van der Waals surface area contributed by atoms with Gasteiger partial charge in [0.25, 0.3) is 0 Å². The summed E-state index contributed by atoms with van der Waals surface area (Å²) in [6.07, 6.45) is 2.98. The molecule has 0 aliphatic rings. The van der Waals surface area contributed by atoms with Gasteiger partial charge in [-0.3, -0.25) is 0 Å². The van der Waals surface area contributed by atoms with Crippen molar-refractivity contribution in [3.63, 3.8) is 0 Å². The molecular weight excluding hydrogens is 391 g/mol. The zero-order valence-electron chi connectivity index (χ0n) is 15.9. The average molecular weight is 413 g/mol. The van der Waals surface area contributed by atoms with Gasteiger partial charge >= 0.3 is 5.97 Å². The zero-order chi connectivity index (χ0) is 20.1. The van der Waals surface area contributed by atoms with E-state index in [9.17, 15) is 4.79 Å². The summed E-state index contributed by atoms with van der Waals surface area (Å²) in [5, 5.41) is 4.94. The van der Waals surface area contributed by atoms with Crippen molar-refractivity contribution >= 4 is 35.2 Å². The number of benzene rings is 1. The number of esters is 1. The van der Waals surface area contributed by atoms with Crippen LogP contribution in [0.25, 0.3) is 6.08 Å². The van der Waals surface area contributed by atoms with E-state index in [1.807, 2.05) is 26.0 Å². The summed E-state index contributed by atoms with van der Waals surface area (Å²) in [5.74, 6) is 0.645. The van der Waals surface area contributed by atoms with Crippen LogP contribution in [0.4, 0.5) is 0 Å². The maximum Gasteiger partial charge on any atom is 0.347 e. The molecule has 27 heavy (non-hydrogen) atoms. The third-order valence-electron chi connectivity index (χ3n) is 3.66. The number of carbonyl (C=O) groups excluding carboxylic acids is 1. The highest BCUT2D eigenvalue weighted by molar-refractivity contribution is 6.36. The minimum absolute atomic E-state index is 0.262. The second-order valence-corrected chi connectivity index (χ2v) is 6.57. The predicted molar refractivity (Wildman–Crippen MR) is 106 cm³/mol. The minimum Gasteiger partial charge on any atom is -0.477 e. The molecule has 1 aromatic carbocycles. The fourth-order valence-corrected chi connectivity index (χ4v) is 2.88. The van der Waals surface area contributed by atoms with E-state index in [-0.39, 0.29) is 17.4 Å². The molecule has 0 bridgehead atoms. The summed E-state index contributed by atoms with van der Waals surface area (Å²) < 4.78 is 18.2. The third-order valence-corrected chi connectivity index (χ3v) is 4.25. The molecule has 1 atom stereocenters. The molecule has 0 amide bonds. The van der Waals surface area contributed by atoms with Crippen molar-refractivity contribution in [3.05, 3.63) is 39.5 Å². The molecule has 2 aromatic rings. The Balaban J connectivity index is 2.35. The zero-order valence-corrected chi connectivity index (χ0v) is 17.4. The van der Waals surface area contributed by atoms with E-state index in [1.54, 1.807) is 31.6 Å². The van der Waals surface area contributed by atoms with Crippen molar-refractivity contribution in [1.29, 1.82) is 0 Å². The second kappa shape index (κ2) is 9.15. The number of rotatable bonds is 7. The van der Waals surface area contributed by atoms with Gasteiger partial charge in [-0.25, -0.2) is 9.48 Å².